The summed E-state index contributed by atoms with van der Waals surface area (Å²) in [5, 5.41) is 4.65. The molecule has 0 aliphatic carbocycles. The van der Waals surface area contributed by atoms with Gasteiger partial charge in [0.15, 0.2) is 0 Å². The van der Waals surface area contributed by atoms with Crippen LogP contribution in [-0.4, -0.2) is 50.1 Å². The number of carbonyl (C=O) groups excluding carboxylic acids is 2. The van der Waals surface area contributed by atoms with Gasteiger partial charge in [-0.15, -0.1) is 0 Å². The van der Waals surface area contributed by atoms with Crippen LogP contribution in [-0.2, 0) is 4.74 Å². The van der Waals surface area contributed by atoms with Crippen molar-refractivity contribution in [2.45, 2.75) is 0 Å². The lowest BCUT2D eigenvalue weighted by Gasteiger charge is -2.27. The molecule has 0 bridgehead atoms. The highest BCUT2D eigenvalue weighted by Gasteiger charge is 2.32. The number of hydrogen-bond acceptors (Lipinski definition) is 4. The van der Waals surface area contributed by atoms with Crippen molar-refractivity contribution in [3.63, 3.8) is 0 Å². The maximum atomic E-state index is 12.6. The quantitative estimate of drug-likeness (QED) is 0.651. The minimum atomic E-state index is -0.244. The minimum Gasteiger partial charge on any atom is -0.378 e. The van der Waals surface area contributed by atoms with Crippen molar-refractivity contribution >= 4 is 22.6 Å². The first-order valence-corrected chi connectivity index (χ1v) is 7.34. The summed E-state index contributed by atoms with van der Waals surface area (Å²) in [5.41, 5.74) is 1.17. The van der Waals surface area contributed by atoms with Gasteiger partial charge in [-0.25, -0.2) is 0 Å². The van der Waals surface area contributed by atoms with Crippen molar-refractivity contribution in [1.82, 2.24) is 10.2 Å². The molecule has 0 spiro atoms. The van der Waals surface area contributed by atoms with Gasteiger partial charge in [-0.05, 0) is 24.6 Å². The van der Waals surface area contributed by atoms with Crippen LogP contribution in [0.15, 0.2) is 36.4 Å². The first-order chi connectivity index (χ1) is 10.7. The molecule has 2 amide bonds. The van der Waals surface area contributed by atoms with E-state index < -0.39 is 0 Å². The van der Waals surface area contributed by atoms with Gasteiger partial charge < -0.3 is 10.1 Å². The first kappa shape index (κ1) is 14.7. The van der Waals surface area contributed by atoms with Gasteiger partial charge in [0.2, 0.25) is 0 Å². The summed E-state index contributed by atoms with van der Waals surface area (Å²) in [4.78, 5) is 26.4. The summed E-state index contributed by atoms with van der Waals surface area (Å²) in [5.74, 6) is -0.488. The number of carbonyl (C=O) groups is 2. The van der Waals surface area contributed by atoms with Crippen molar-refractivity contribution in [1.29, 1.82) is 0 Å². The highest BCUT2D eigenvalue weighted by Crippen LogP contribution is 2.29. The Morgan fingerprint density at radius 1 is 1.00 bits per heavy atom. The molecule has 0 saturated carbocycles. The normalized spacial score (nSPS) is 14.0. The molecule has 2 aromatic carbocycles. The zero-order chi connectivity index (χ0) is 15.5. The molecule has 5 heteroatoms. The second-order valence-electron chi connectivity index (χ2n) is 5.19. The zero-order valence-electron chi connectivity index (χ0n) is 12.5. The molecular formula is C17H18N2O3. The highest BCUT2D eigenvalue weighted by molar-refractivity contribution is 6.25. The van der Waals surface area contributed by atoms with Crippen molar-refractivity contribution in [3.8, 4) is 0 Å². The molecule has 0 fully saturated rings. The third-order valence-corrected chi connectivity index (χ3v) is 3.81. The Bertz CT molecular complexity index is 676. The second kappa shape index (κ2) is 6.25. The smallest absolute Gasteiger partial charge is 0.261 e. The minimum absolute atomic E-state index is 0.244. The molecule has 114 valence electrons. The number of nitrogens with zero attached hydrogens (tertiary/aromatic N) is 1. The van der Waals surface area contributed by atoms with Crippen LogP contribution in [0.4, 0.5) is 0 Å². The van der Waals surface area contributed by atoms with E-state index in [2.05, 4.69) is 5.32 Å². The van der Waals surface area contributed by atoms with E-state index in [9.17, 15) is 9.59 Å². The average Bonchev–Trinajstić information content (AvgIpc) is 2.55. The molecule has 2 aromatic rings. The Labute approximate surface area is 128 Å². The lowest BCUT2D eigenvalue weighted by molar-refractivity contribution is 0.0525. The third kappa shape index (κ3) is 2.49. The van der Waals surface area contributed by atoms with Gasteiger partial charge in [0.1, 0.15) is 0 Å². The molecule has 1 N–H and O–H groups in total. The van der Waals surface area contributed by atoms with E-state index in [-0.39, 0.29) is 18.4 Å². The number of imide groups is 1. The Kier molecular flexibility index (Phi) is 4.18. The molecule has 22 heavy (non-hydrogen) atoms. The Morgan fingerprint density at radius 3 is 2.23 bits per heavy atom. The van der Waals surface area contributed by atoms with E-state index in [0.717, 1.165) is 17.3 Å². The second-order valence-corrected chi connectivity index (χ2v) is 5.19. The number of ether oxygens (including phenoxy) is 1. The molecule has 0 atom stereocenters. The average molecular weight is 298 g/mol. The number of hydrogen-bond donors (Lipinski definition) is 1. The van der Waals surface area contributed by atoms with E-state index in [0.29, 0.717) is 24.3 Å². The highest BCUT2D eigenvalue weighted by atomic mass is 16.5. The molecule has 0 aromatic heterocycles. The summed E-state index contributed by atoms with van der Waals surface area (Å²) >= 11 is 0. The maximum absolute atomic E-state index is 12.6. The van der Waals surface area contributed by atoms with Crippen molar-refractivity contribution in [2.75, 3.05) is 33.4 Å². The molecule has 1 aliphatic rings. The van der Waals surface area contributed by atoms with Crippen LogP contribution >= 0.6 is 0 Å². The lowest BCUT2D eigenvalue weighted by Crippen LogP contribution is -2.42. The predicted molar refractivity (Wildman–Crippen MR) is 84.1 cm³/mol. The fourth-order valence-electron chi connectivity index (χ4n) is 2.72. The largest absolute Gasteiger partial charge is 0.378 e. The van der Waals surface area contributed by atoms with Gasteiger partial charge in [0.05, 0.1) is 19.8 Å². The predicted octanol–water partition coefficient (Wildman–Crippen LogP) is 1.67. The van der Waals surface area contributed by atoms with Gasteiger partial charge in [-0.1, -0.05) is 24.3 Å². The van der Waals surface area contributed by atoms with Crippen LogP contribution in [0.25, 0.3) is 10.8 Å². The van der Waals surface area contributed by atoms with E-state index in [1.807, 2.05) is 31.3 Å². The van der Waals surface area contributed by atoms with E-state index in [4.69, 9.17) is 4.74 Å². The molecule has 1 heterocycles. The zero-order valence-corrected chi connectivity index (χ0v) is 12.5. The number of rotatable bonds is 6. The SMILES string of the molecule is CNCCOCCN1C(=O)c2cccc3cccc(c23)C1=O. The van der Waals surface area contributed by atoms with E-state index in [1.54, 1.807) is 12.1 Å². The first-order valence-electron chi connectivity index (χ1n) is 7.34. The molecule has 1 aliphatic heterocycles. The third-order valence-electron chi connectivity index (χ3n) is 3.81. The van der Waals surface area contributed by atoms with Gasteiger partial charge >= 0.3 is 0 Å². The van der Waals surface area contributed by atoms with Gasteiger partial charge in [0.25, 0.3) is 11.8 Å². The topological polar surface area (TPSA) is 58.6 Å². The number of likely N-dealkylation sites (N-methyl/N-ethyl adjacent to an activating group) is 1. The maximum Gasteiger partial charge on any atom is 0.261 e. The van der Waals surface area contributed by atoms with Crippen molar-refractivity contribution < 1.29 is 14.3 Å². The number of benzene rings is 2. The van der Waals surface area contributed by atoms with Crippen LogP contribution in [0.2, 0.25) is 0 Å². The van der Waals surface area contributed by atoms with Gasteiger partial charge in [-0.2, -0.15) is 0 Å². The molecule has 3 rings (SSSR count). The molecule has 0 radical (unpaired) electrons. The Balaban J connectivity index is 1.85. The molecular weight excluding hydrogens is 280 g/mol. The van der Waals surface area contributed by atoms with Crippen LogP contribution in [0, 0.1) is 0 Å². The number of amides is 2. The summed E-state index contributed by atoms with van der Waals surface area (Å²) in [6.45, 7) is 1.91. The summed E-state index contributed by atoms with van der Waals surface area (Å²) in [6, 6.07) is 11.1. The summed E-state index contributed by atoms with van der Waals surface area (Å²) in [7, 11) is 1.85. The van der Waals surface area contributed by atoms with Gasteiger partial charge in [-0.3, -0.25) is 14.5 Å². The van der Waals surface area contributed by atoms with Crippen LogP contribution < -0.4 is 5.32 Å². The molecule has 0 unspecified atom stereocenters. The van der Waals surface area contributed by atoms with Gasteiger partial charge in [0, 0.05) is 23.1 Å². The Morgan fingerprint density at radius 2 is 1.64 bits per heavy atom. The van der Waals surface area contributed by atoms with Crippen LogP contribution in [0.3, 0.4) is 0 Å². The fourth-order valence-corrected chi connectivity index (χ4v) is 2.72. The Hall–Kier alpha value is -2.24. The van der Waals surface area contributed by atoms with E-state index >= 15 is 0 Å². The fraction of sp³-hybridized carbons (Fsp3) is 0.294. The molecule has 5 nitrogen and oxygen atoms in total. The van der Waals surface area contributed by atoms with Crippen LogP contribution in [0.5, 0.6) is 0 Å². The summed E-state index contributed by atoms with van der Waals surface area (Å²) < 4.78 is 5.43. The standard InChI is InChI=1S/C17H18N2O3/c1-18-8-10-22-11-9-19-16(20)13-6-2-4-12-5-3-7-14(15(12)13)17(19)21/h2-7,18H,8-11H2,1H3. The summed E-state index contributed by atoms with van der Waals surface area (Å²) in [6.07, 6.45) is 0. The number of nitrogens with one attached hydrogen (secondary N) is 1. The van der Waals surface area contributed by atoms with Crippen molar-refractivity contribution in [2.24, 2.45) is 0 Å². The van der Waals surface area contributed by atoms with E-state index in [1.165, 1.54) is 4.90 Å². The molecule has 0 saturated heterocycles. The lowest BCUT2D eigenvalue weighted by atomic mass is 9.94. The van der Waals surface area contributed by atoms with Crippen LogP contribution in [0.1, 0.15) is 20.7 Å². The van der Waals surface area contributed by atoms with Crippen molar-refractivity contribution in [3.05, 3.63) is 47.5 Å². The monoisotopic (exact) mass is 298 g/mol.